The van der Waals surface area contributed by atoms with Crippen molar-refractivity contribution in [2.75, 3.05) is 24.7 Å². The molecule has 3 aromatic carbocycles. The number of carbonyl (C=O) groups is 4. The van der Waals surface area contributed by atoms with Gasteiger partial charge in [0, 0.05) is 31.2 Å². The summed E-state index contributed by atoms with van der Waals surface area (Å²) in [6, 6.07) is 25.8. The van der Waals surface area contributed by atoms with Crippen LogP contribution < -0.4 is 45.7 Å². The molecule has 11 nitrogen and oxygen atoms in total. The maximum Gasteiger partial charge on any atom is 1.00 e. The summed E-state index contributed by atoms with van der Waals surface area (Å²) >= 11 is 1.87. The van der Waals surface area contributed by atoms with E-state index < -0.39 is 24.5 Å². The van der Waals surface area contributed by atoms with Gasteiger partial charge in [-0.05, 0) is 54.5 Å². The number of benzene rings is 3. The third kappa shape index (κ3) is 24.7. The summed E-state index contributed by atoms with van der Waals surface area (Å²) < 4.78 is 4.83. The van der Waals surface area contributed by atoms with Crippen LogP contribution in [0.1, 0.15) is 67.7 Å². The van der Waals surface area contributed by atoms with Crippen LogP contribution in [-0.2, 0) is 14.3 Å². The number of nitrogens with one attached hydrogen (secondary N) is 1. The number of hydrogen-bond donors (Lipinski definition) is 5. The molecule has 2 unspecified atom stereocenters. The number of aliphatic hydroxyl groups is 3. The number of carbonyl (C=O) groups excluding carboxylic acids is 4. The van der Waals surface area contributed by atoms with E-state index in [1.165, 1.54) is 12.7 Å². The molecular formula is C36H49N2NaO9S. The summed E-state index contributed by atoms with van der Waals surface area (Å²) in [6.45, 7) is 7.26. The van der Waals surface area contributed by atoms with Crippen LogP contribution in [0.5, 0.6) is 0 Å². The topological polar surface area (TPSA) is 199 Å². The van der Waals surface area contributed by atoms with Gasteiger partial charge in [0.1, 0.15) is 0 Å². The molecule has 13 heteroatoms. The molecular weight excluding hydrogens is 659 g/mol. The molecule has 3 rings (SSSR count). The summed E-state index contributed by atoms with van der Waals surface area (Å²) in [5.41, 5.74) is 7.72. The second kappa shape index (κ2) is 29.8. The van der Waals surface area contributed by atoms with Crippen molar-refractivity contribution in [2.45, 2.75) is 65.5 Å². The fraction of sp³-hybridized carbons (Fsp3) is 0.389. The zero-order chi connectivity index (χ0) is 36.3. The number of ether oxygens (including phenoxy) is 1. The van der Waals surface area contributed by atoms with Crippen molar-refractivity contribution < 1.29 is 73.9 Å². The smallest absolute Gasteiger partial charge is 0.547 e. The van der Waals surface area contributed by atoms with Crippen LogP contribution in [0.2, 0.25) is 0 Å². The standard InChI is InChI=1S/C16H17NO2.C13H16O5.C5H12OS.C2H5NO.Na/c1-12(18)11-17-16(19)15-9-7-14(8-10-15)13-5-3-2-4-6-13;1-2-11(13(16)17)18-12(15)8-10(14)9-6-4-3-5-7-9;1-2-7-5-3-4-6;1-2(3)4;/h2-10,12,18H,11H2,1H3,(H,17,19);3-7,11-12,15H,2,8H2,1H3,(H,16,17);6H,2-5H2,1H3;1H3,(H2,3,4);/q;;;;+1/p-1/t;11?,12-;;;/m.1.../s1. The molecule has 49 heavy (non-hydrogen) atoms. The van der Waals surface area contributed by atoms with Crippen molar-refractivity contribution in [1.29, 1.82) is 0 Å². The van der Waals surface area contributed by atoms with E-state index in [9.17, 15) is 29.4 Å². The molecule has 2 amide bonds. The molecule has 0 aliphatic heterocycles. The number of ketones is 1. The maximum absolute atomic E-state index is 11.8. The molecule has 3 aromatic rings. The van der Waals surface area contributed by atoms with E-state index in [1.54, 1.807) is 56.3 Å². The first kappa shape index (κ1) is 48.0. The van der Waals surface area contributed by atoms with Crippen molar-refractivity contribution in [2.24, 2.45) is 5.73 Å². The van der Waals surface area contributed by atoms with Gasteiger partial charge in [0.2, 0.25) is 5.91 Å². The normalized spacial score (nSPS) is 11.6. The first-order valence-electron chi connectivity index (χ1n) is 15.5. The molecule has 0 aromatic heterocycles. The quantitative estimate of drug-likeness (QED) is 0.0629. The summed E-state index contributed by atoms with van der Waals surface area (Å²) in [7, 11) is 0. The Hall–Kier alpha value is -3.07. The number of carboxylic acid groups (broad SMARTS) is 1. The average molecular weight is 709 g/mol. The van der Waals surface area contributed by atoms with Crippen LogP contribution in [0.15, 0.2) is 84.9 Å². The average Bonchev–Trinajstić information content (AvgIpc) is 3.07. The van der Waals surface area contributed by atoms with Crippen LogP contribution in [0, 0.1) is 0 Å². The fourth-order valence-corrected chi connectivity index (χ4v) is 4.18. The Labute approximate surface area is 315 Å². The Kier molecular flexibility index (Phi) is 29.2. The molecule has 0 radical (unpaired) electrons. The molecule has 0 bridgehead atoms. The predicted molar refractivity (Wildman–Crippen MR) is 187 cm³/mol. The number of rotatable bonds is 15. The van der Waals surface area contributed by atoms with Gasteiger partial charge in [0.25, 0.3) is 5.91 Å². The molecule has 0 spiro atoms. The Morgan fingerprint density at radius 1 is 0.878 bits per heavy atom. The van der Waals surface area contributed by atoms with Gasteiger partial charge in [-0.2, -0.15) is 11.8 Å². The number of hydrogen-bond acceptors (Lipinski definition) is 10. The molecule has 0 aliphatic rings. The van der Waals surface area contributed by atoms with Crippen LogP contribution >= 0.6 is 11.8 Å². The monoisotopic (exact) mass is 708 g/mol. The largest absolute Gasteiger partial charge is 1.00 e. The summed E-state index contributed by atoms with van der Waals surface area (Å²) in [5, 5.41) is 40.2. The number of primary amides is 1. The molecule has 0 aliphatic carbocycles. The van der Waals surface area contributed by atoms with Crippen LogP contribution in [0.25, 0.3) is 11.1 Å². The Morgan fingerprint density at radius 2 is 1.39 bits per heavy atom. The van der Waals surface area contributed by atoms with E-state index in [0.717, 1.165) is 23.3 Å². The molecule has 3 atom stereocenters. The SMILES string of the molecule is CC(N)=O.CC(O)CNC(=O)c1ccc(-c2ccccc2)cc1.CCC(O[C@@H](O)CC(=O)c1ccccc1)C(=O)[O-].CCSCCCO.[Na+]. The van der Waals surface area contributed by atoms with Gasteiger partial charge < -0.3 is 41.0 Å². The van der Waals surface area contributed by atoms with E-state index in [2.05, 4.69) is 18.0 Å². The summed E-state index contributed by atoms with van der Waals surface area (Å²) in [6.07, 6.45) is -2.36. The number of aliphatic carboxylic acids is 1. The third-order valence-corrected chi connectivity index (χ3v) is 6.86. The number of aliphatic hydroxyl groups excluding tert-OH is 3. The Morgan fingerprint density at radius 3 is 1.84 bits per heavy atom. The molecule has 0 saturated heterocycles. The predicted octanol–water partition coefficient (Wildman–Crippen LogP) is 0.205. The number of thioether (sulfide) groups is 1. The zero-order valence-corrected chi connectivity index (χ0v) is 31.9. The van der Waals surface area contributed by atoms with E-state index >= 15 is 0 Å². The summed E-state index contributed by atoms with van der Waals surface area (Å²) in [5.74, 6) is 0.0630. The minimum atomic E-state index is -1.44. The Balaban J connectivity index is 0. The first-order valence-corrected chi connectivity index (χ1v) is 16.7. The van der Waals surface area contributed by atoms with Crippen LogP contribution in [0.4, 0.5) is 0 Å². The second-order valence-corrected chi connectivity index (χ2v) is 11.6. The third-order valence-electron chi connectivity index (χ3n) is 5.87. The maximum atomic E-state index is 11.8. The minimum Gasteiger partial charge on any atom is -0.547 e. The molecule has 264 valence electrons. The summed E-state index contributed by atoms with van der Waals surface area (Å²) in [4.78, 5) is 43.3. The van der Waals surface area contributed by atoms with Crippen molar-refractivity contribution in [3.63, 3.8) is 0 Å². The van der Waals surface area contributed by atoms with Crippen molar-refractivity contribution in [3.05, 3.63) is 96.1 Å². The van der Waals surface area contributed by atoms with Gasteiger partial charge in [0.15, 0.2) is 12.1 Å². The van der Waals surface area contributed by atoms with Crippen molar-refractivity contribution in [1.82, 2.24) is 5.32 Å². The van der Waals surface area contributed by atoms with Crippen LogP contribution in [-0.4, -0.2) is 82.0 Å². The van der Waals surface area contributed by atoms with E-state index in [1.807, 2.05) is 54.2 Å². The van der Waals surface area contributed by atoms with Gasteiger partial charge in [-0.3, -0.25) is 14.4 Å². The van der Waals surface area contributed by atoms with Gasteiger partial charge in [-0.15, -0.1) is 0 Å². The van der Waals surface area contributed by atoms with E-state index in [0.29, 0.717) is 17.7 Å². The van der Waals surface area contributed by atoms with Crippen molar-refractivity contribution in [3.8, 4) is 11.1 Å². The number of Topliss-reactive ketones (excluding diaryl/α,β-unsaturated/α-hetero) is 1. The molecule has 0 fully saturated rings. The number of amides is 2. The minimum absolute atomic E-state index is 0. The Bertz CT molecular complexity index is 1310. The van der Waals surface area contributed by atoms with Crippen LogP contribution in [0.3, 0.4) is 0 Å². The van der Waals surface area contributed by atoms with Crippen molar-refractivity contribution >= 4 is 35.3 Å². The number of nitrogens with two attached hydrogens (primary N) is 1. The van der Waals surface area contributed by atoms with Gasteiger partial charge >= 0.3 is 29.6 Å². The van der Waals surface area contributed by atoms with Gasteiger partial charge in [-0.25, -0.2) is 0 Å². The first-order chi connectivity index (χ1) is 22.9. The fourth-order valence-electron chi connectivity index (χ4n) is 3.55. The molecule has 0 saturated carbocycles. The zero-order valence-electron chi connectivity index (χ0n) is 29.0. The molecule has 0 heterocycles. The molecule has 6 N–H and O–H groups in total. The van der Waals surface area contributed by atoms with Gasteiger partial charge in [0.05, 0.1) is 24.6 Å². The second-order valence-electron chi connectivity index (χ2n) is 10.2. The van der Waals surface area contributed by atoms with Gasteiger partial charge in [-0.1, -0.05) is 86.6 Å². The number of carboxylic acids is 1. The van der Waals surface area contributed by atoms with E-state index in [4.69, 9.17) is 14.9 Å². The van der Waals surface area contributed by atoms with E-state index in [-0.39, 0.29) is 66.5 Å².